The monoisotopic (exact) mass is 245 g/mol. The van der Waals surface area contributed by atoms with Gasteiger partial charge in [-0.1, -0.05) is 0 Å². The van der Waals surface area contributed by atoms with E-state index in [1.165, 1.54) is 12.1 Å². The highest BCUT2D eigenvalue weighted by Crippen LogP contribution is 2.34. The summed E-state index contributed by atoms with van der Waals surface area (Å²) in [4.78, 5) is 12.3. The second-order valence-electron chi connectivity index (χ2n) is 4.09. The Kier molecular flexibility index (Phi) is 3.80. The van der Waals surface area contributed by atoms with Crippen LogP contribution in [-0.4, -0.2) is 19.4 Å². The van der Waals surface area contributed by atoms with Crippen molar-refractivity contribution in [1.29, 1.82) is 0 Å². The van der Waals surface area contributed by atoms with Gasteiger partial charge in [0.1, 0.15) is 0 Å². The molecule has 0 saturated heterocycles. The molecule has 5 heteroatoms. The summed E-state index contributed by atoms with van der Waals surface area (Å²) in [5, 5.41) is 0. The van der Waals surface area contributed by atoms with Crippen molar-refractivity contribution in [2.24, 2.45) is 0 Å². The Balaban J connectivity index is 3.27. The highest BCUT2D eigenvalue weighted by Gasteiger charge is 2.33. The minimum Gasteiger partial charge on any atom is -0.372 e. The molecule has 0 unspecified atom stereocenters. The number of benzene rings is 1. The number of nitrogens with zero attached hydrogens (tertiary/aromatic N) is 1. The Hall–Kier alpha value is -1.52. The molecule has 0 saturated carbocycles. The zero-order valence-electron chi connectivity index (χ0n) is 9.88. The Bertz CT molecular complexity index is 413. The molecule has 1 rings (SSSR count). The van der Waals surface area contributed by atoms with Crippen molar-refractivity contribution in [2.75, 3.05) is 11.9 Å². The lowest BCUT2D eigenvalue weighted by Crippen LogP contribution is -2.26. The van der Waals surface area contributed by atoms with Crippen molar-refractivity contribution >= 4 is 12.0 Å². The van der Waals surface area contributed by atoms with Gasteiger partial charge in [-0.2, -0.15) is 13.2 Å². The molecule has 0 aliphatic rings. The van der Waals surface area contributed by atoms with E-state index in [4.69, 9.17) is 0 Å². The van der Waals surface area contributed by atoms with Crippen LogP contribution in [0.3, 0.4) is 0 Å². The van der Waals surface area contributed by atoms with E-state index in [1.807, 2.05) is 13.8 Å². The molecule has 0 aliphatic carbocycles. The van der Waals surface area contributed by atoms with Crippen LogP contribution >= 0.6 is 0 Å². The number of anilines is 1. The van der Waals surface area contributed by atoms with Crippen LogP contribution in [-0.2, 0) is 6.18 Å². The van der Waals surface area contributed by atoms with E-state index in [0.717, 1.165) is 6.07 Å². The molecule has 1 aromatic rings. The fourth-order valence-electron chi connectivity index (χ4n) is 1.41. The Labute approximate surface area is 98.0 Å². The summed E-state index contributed by atoms with van der Waals surface area (Å²) in [5.74, 6) is 0. The largest absolute Gasteiger partial charge is 0.417 e. The van der Waals surface area contributed by atoms with E-state index in [2.05, 4.69) is 0 Å². The number of halogens is 3. The van der Waals surface area contributed by atoms with E-state index in [1.54, 1.807) is 11.9 Å². The molecule has 0 fully saturated rings. The van der Waals surface area contributed by atoms with Crippen LogP contribution in [0.5, 0.6) is 0 Å². The number of rotatable bonds is 3. The summed E-state index contributed by atoms with van der Waals surface area (Å²) in [6.45, 7) is 3.75. The Morgan fingerprint density at radius 3 is 2.29 bits per heavy atom. The zero-order chi connectivity index (χ0) is 13.2. The number of aldehydes is 1. The van der Waals surface area contributed by atoms with Crippen LogP contribution in [0.15, 0.2) is 18.2 Å². The van der Waals surface area contributed by atoms with Gasteiger partial charge in [0.25, 0.3) is 0 Å². The first-order valence-electron chi connectivity index (χ1n) is 5.16. The molecule has 2 nitrogen and oxygen atoms in total. The van der Waals surface area contributed by atoms with Crippen molar-refractivity contribution in [3.05, 3.63) is 29.3 Å². The second kappa shape index (κ2) is 4.77. The van der Waals surface area contributed by atoms with E-state index >= 15 is 0 Å². The van der Waals surface area contributed by atoms with Crippen LogP contribution in [0.4, 0.5) is 18.9 Å². The molecule has 0 spiro atoms. The second-order valence-corrected chi connectivity index (χ2v) is 4.09. The summed E-state index contributed by atoms with van der Waals surface area (Å²) in [6.07, 6.45) is -4.29. The molecule has 0 amide bonds. The molecule has 0 bridgehead atoms. The highest BCUT2D eigenvalue weighted by atomic mass is 19.4. The molecule has 0 heterocycles. The fourth-order valence-corrected chi connectivity index (χ4v) is 1.41. The first kappa shape index (κ1) is 13.5. The maximum atomic E-state index is 12.7. The quantitative estimate of drug-likeness (QED) is 0.761. The summed E-state index contributed by atoms with van der Waals surface area (Å²) < 4.78 is 38.1. The smallest absolute Gasteiger partial charge is 0.372 e. The van der Waals surface area contributed by atoms with Crippen molar-refractivity contribution in [3.8, 4) is 0 Å². The van der Waals surface area contributed by atoms with E-state index < -0.39 is 11.7 Å². The van der Waals surface area contributed by atoms with Gasteiger partial charge in [0.05, 0.1) is 5.56 Å². The predicted molar refractivity (Wildman–Crippen MR) is 60.4 cm³/mol. The first-order chi connectivity index (χ1) is 7.77. The number of alkyl halides is 3. The molecular weight excluding hydrogens is 231 g/mol. The lowest BCUT2D eigenvalue weighted by atomic mass is 10.1. The molecule has 0 atom stereocenters. The number of hydrogen-bond acceptors (Lipinski definition) is 2. The SMILES string of the molecule is CC(C)N(C)c1ccc(C=O)c(C(F)(F)F)c1. The molecule has 0 radical (unpaired) electrons. The Morgan fingerprint density at radius 1 is 1.29 bits per heavy atom. The van der Waals surface area contributed by atoms with Gasteiger partial charge in [0.15, 0.2) is 6.29 Å². The van der Waals surface area contributed by atoms with Gasteiger partial charge in [0.2, 0.25) is 0 Å². The fraction of sp³-hybridized carbons (Fsp3) is 0.417. The van der Waals surface area contributed by atoms with Gasteiger partial charge in [-0.05, 0) is 32.0 Å². The summed E-state index contributed by atoms with van der Waals surface area (Å²) in [6, 6.07) is 3.80. The maximum Gasteiger partial charge on any atom is 0.417 e. The zero-order valence-corrected chi connectivity index (χ0v) is 9.88. The number of hydrogen-bond donors (Lipinski definition) is 0. The van der Waals surface area contributed by atoms with Gasteiger partial charge in [-0.15, -0.1) is 0 Å². The van der Waals surface area contributed by atoms with Gasteiger partial charge >= 0.3 is 6.18 Å². The molecule has 0 aliphatic heterocycles. The van der Waals surface area contributed by atoms with Crippen LogP contribution in [0.25, 0.3) is 0 Å². The summed E-state index contributed by atoms with van der Waals surface area (Å²) in [5.41, 5.74) is -0.783. The topological polar surface area (TPSA) is 20.3 Å². The molecule has 0 aromatic heterocycles. The highest BCUT2D eigenvalue weighted by molar-refractivity contribution is 5.79. The van der Waals surface area contributed by atoms with Gasteiger partial charge in [-0.3, -0.25) is 4.79 Å². The van der Waals surface area contributed by atoms with E-state index in [-0.39, 0.29) is 17.9 Å². The standard InChI is InChI=1S/C12H14F3NO/c1-8(2)16(3)10-5-4-9(7-17)11(6-10)12(13,14)15/h4-8H,1-3H3. The van der Waals surface area contributed by atoms with E-state index in [0.29, 0.717) is 5.69 Å². The maximum absolute atomic E-state index is 12.7. The summed E-state index contributed by atoms with van der Waals surface area (Å²) >= 11 is 0. The average Bonchev–Trinajstić information content (AvgIpc) is 2.25. The van der Waals surface area contributed by atoms with Crippen LogP contribution in [0.2, 0.25) is 0 Å². The van der Waals surface area contributed by atoms with Gasteiger partial charge in [-0.25, -0.2) is 0 Å². The normalized spacial score (nSPS) is 11.7. The van der Waals surface area contributed by atoms with Crippen molar-refractivity contribution in [1.82, 2.24) is 0 Å². The minimum absolute atomic E-state index is 0.0816. The molecule has 0 N–H and O–H groups in total. The lowest BCUT2D eigenvalue weighted by Gasteiger charge is -2.25. The van der Waals surface area contributed by atoms with Crippen molar-refractivity contribution in [3.63, 3.8) is 0 Å². The van der Waals surface area contributed by atoms with Crippen molar-refractivity contribution < 1.29 is 18.0 Å². The van der Waals surface area contributed by atoms with Crippen LogP contribution in [0, 0.1) is 0 Å². The third-order valence-corrected chi connectivity index (χ3v) is 2.65. The number of carbonyl (C=O) groups is 1. The molecular formula is C12H14F3NO. The summed E-state index contributed by atoms with van der Waals surface area (Å²) in [7, 11) is 1.71. The third kappa shape index (κ3) is 2.99. The lowest BCUT2D eigenvalue weighted by molar-refractivity contribution is -0.137. The number of carbonyl (C=O) groups excluding carboxylic acids is 1. The molecule has 17 heavy (non-hydrogen) atoms. The minimum atomic E-state index is -4.51. The van der Waals surface area contributed by atoms with Gasteiger partial charge < -0.3 is 4.90 Å². The Morgan fingerprint density at radius 2 is 1.88 bits per heavy atom. The first-order valence-corrected chi connectivity index (χ1v) is 5.16. The predicted octanol–water partition coefficient (Wildman–Crippen LogP) is 3.36. The third-order valence-electron chi connectivity index (χ3n) is 2.65. The molecule has 94 valence electrons. The van der Waals surface area contributed by atoms with E-state index in [9.17, 15) is 18.0 Å². The average molecular weight is 245 g/mol. The van der Waals surface area contributed by atoms with Crippen LogP contribution in [0.1, 0.15) is 29.8 Å². The van der Waals surface area contributed by atoms with Crippen molar-refractivity contribution in [2.45, 2.75) is 26.1 Å². The van der Waals surface area contributed by atoms with Crippen LogP contribution < -0.4 is 4.90 Å². The molecule has 1 aromatic carbocycles. The van der Waals surface area contributed by atoms with Gasteiger partial charge in [0, 0.05) is 24.3 Å².